The van der Waals surface area contributed by atoms with Gasteiger partial charge in [0.15, 0.2) is 0 Å². The first-order valence-electron chi connectivity index (χ1n) is 7.14. The molecule has 1 aliphatic carbocycles. The van der Waals surface area contributed by atoms with Gasteiger partial charge in [0.25, 0.3) is 0 Å². The third kappa shape index (κ3) is 2.91. The van der Waals surface area contributed by atoms with Gasteiger partial charge in [-0.3, -0.25) is 19.3 Å². The summed E-state index contributed by atoms with van der Waals surface area (Å²) in [6.07, 6.45) is 2.78. The molecule has 0 radical (unpaired) electrons. The summed E-state index contributed by atoms with van der Waals surface area (Å²) in [4.78, 5) is 48.1. The molecule has 21 heavy (non-hydrogen) atoms. The molecule has 1 saturated heterocycles. The lowest BCUT2D eigenvalue weighted by atomic mass is 9.81. The molecule has 2 fully saturated rings. The van der Waals surface area contributed by atoms with Crippen molar-refractivity contribution in [3.05, 3.63) is 0 Å². The summed E-state index contributed by atoms with van der Waals surface area (Å²) in [7, 11) is 1.21. The minimum atomic E-state index is -1.28. The summed E-state index contributed by atoms with van der Waals surface area (Å²) in [5.74, 6) is -3.39. The number of carbonyl (C=O) groups excluding carboxylic acids is 3. The number of rotatable bonds is 5. The van der Waals surface area contributed by atoms with Crippen LogP contribution in [0.15, 0.2) is 0 Å². The Hall–Kier alpha value is -1.92. The van der Waals surface area contributed by atoms with Crippen LogP contribution in [-0.4, -0.2) is 46.9 Å². The molecule has 3 atom stereocenters. The van der Waals surface area contributed by atoms with Crippen LogP contribution in [0, 0.1) is 11.8 Å². The number of aliphatic carboxylic acids is 1. The van der Waals surface area contributed by atoms with Crippen molar-refractivity contribution in [1.29, 1.82) is 0 Å². The molecule has 1 aliphatic heterocycles. The van der Waals surface area contributed by atoms with Crippen molar-refractivity contribution < 1.29 is 29.0 Å². The zero-order chi connectivity index (χ0) is 15.6. The van der Waals surface area contributed by atoms with Gasteiger partial charge in [-0.15, -0.1) is 0 Å². The molecule has 3 unspecified atom stereocenters. The van der Waals surface area contributed by atoms with Gasteiger partial charge in [-0.2, -0.15) is 0 Å². The summed E-state index contributed by atoms with van der Waals surface area (Å²) >= 11 is 0. The summed E-state index contributed by atoms with van der Waals surface area (Å²) in [6, 6.07) is -1.28. The molecule has 0 bridgehead atoms. The maximum absolute atomic E-state index is 12.3. The molecule has 7 nitrogen and oxygen atoms in total. The van der Waals surface area contributed by atoms with Crippen molar-refractivity contribution in [2.45, 2.75) is 44.6 Å². The highest BCUT2D eigenvalue weighted by Crippen LogP contribution is 2.39. The Morgan fingerprint density at radius 1 is 1.24 bits per heavy atom. The van der Waals surface area contributed by atoms with Crippen molar-refractivity contribution in [1.82, 2.24) is 4.90 Å². The van der Waals surface area contributed by atoms with E-state index >= 15 is 0 Å². The Labute approximate surface area is 122 Å². The van der Waals surface area contributed by atoms with Crippen LogP contribution >= 0.6 is 0 Å². The third-order valence-electron chi connectivity index (χ3n) is 4.32. The van der Waals surface area contributed by atoms with Crippen molar-refractivity contribution in [2.24, 2.45) is 11.8 Å². The highest BCUT2D eigenvalue weighted by atomic mass is 16.5. The molecule has 2 rings (SSSR count). The van der Waals surface area contributed by atoms with E-state index in [9.17, 15) is 24.3 Å². The van der Waals surface area contributed by atoms with E-state index in [1.165, 1.54) is 7.11 Å². The zero-order valence-corrected chi connectivity index (χ0v) is 11.9. The Morgan fingerprint density at radius 3 is 2.19 bits per heavy atom. The number of imide groups is 1. The van der Waals surface area contributed by atoms with E-state index in [-0.39, 0.29) is 24.7 Å². The lowest BCUT2D eigenvalue weighted by molar-refractivity contribution is -0.156. The highest BCUT2D eigenvalue weighted by Gasteiger charge is 2.51. The summed E-state index contributed by atoms with van der Waals surface area (Å²) in [5, 5.41) is 9.29. The number of nitrogens with zero attached hydrogens (tertiary/aromatic N) is 1. The third-order valence-corrected chi connectivity index (χ3v) is 4.32. The summed E-state index contributed by atoms with van der Waals surface area (Å²) in [5.41, 5.74) is 0. The van der Waals surface area contributed by atoms with Crippen LogP contribution in [0.4, 0.5) is 0 Å². The fourth-order valence-electron chi connectivity index (χ4n) is 3.21. The largest absolute Gasteiger partial charge is 0.480 e. The fraction of sp³-hybridized carbons (Fsp3) is 0.714. The topological polar surface area (TPSA) is 101 Å². The first-order valence-corrected chi connectivity index (χ1v) is 7.14. The van der Waals surface area contributed by atoms with E-state index in [4.69, 9.17) is 0 Å². The highest BCUT2D eigenvalue weighted by molar-refractivity contribution is 6.07. The predicted molar refractivity (Wildman–Crippen MR) is 70.0 cm³/mol. The molecule has 0 aromatic rings. The van der Waals surface area contributed by atoms with E-state index < -0.39 is 29.8 Å². The molecule has 0 aromatic carbocycles. The minimum absolute atomic E-state index is 0.112. The van der Waals surface area contributed by atoms with E-state index in [1.54, 1.807) is 0 Å². The van der Waals surface area contributed by atoms with Gasteiger partial charge in [0.1, 0.15) is 6.04 Å². The van der Waals surface area contributed by atoms with Crippen LogP contribution in [-0.2, 0) is 23.9 Å². The average Bonchev–Trinajstić information content (AvgIpc) is 2.72. The molecule has 1 heterocycles. The number of likely N-dealkylation sites (tertiary alicyclic amines) is 1. The molecule has 2 amide bonds. The van der Waals surface area contributed by atoms with Gasteiger partial charge in [-0.05, 0) is 19.3 Å². The van der Waals surface area contributed by atoms with Gasteiger partial charge < -0.3 is 9.84 Å². The monoisotopic (exact) mass is 297 g/mol. The minimum Gasteiger partial charge on any atom is -0.480 e. The fourth-order valence-corrected chi connectivity index (χ4v) is 3.21. The van der Waals surface area contributed by atoms with Crippen molar-refractivity contribution in [2.75, 3.05) is 7.11 Å². The zero-order valence-electron chi connectivity index (χ0n) is 11.9. The lowest BCUT2D eigenvalue weighted by Gasteiger charge is -2.22. The lowest BCUT2D eigenvalue weighted by Crippen LogP contribution is -2.45. The molecular formula is C14H19NO6. The number of amides is 2. The van der Waals surface area contributed by atoms with Gasteiger partial charge in [-0.25, -0.2) is 4.79 Å². The molecule has 0 spiro atoms. The smallest absolute Gasteiger partial charge is 0.326 e. The molecule has 1 saturated carbocycles. The standard InChI is InChI=1S/C14H19NO6/c1-21-11(16)7-6-10(14(19)20)15-12(17)8-4-2-3-5-9(8)13(15)18/h8-10H,2-7H2,1H3,(H,19,20). The molecule has 116 valence electrons. The number of carboxylic acid groups (broad SMARTS) is 1. The number of hydrogen-bond acceptors (Lipinski definition) is 5. The van der Waals surface area contributed by atoms with Crippen LogP contribution < -0.4 is 0 Å². The van der Waals surface area contributed by atoms with Crippen LogP contribution in [0.1, 0.15) is 38.5 Å². The van der Waals surface area contributed by atoms with Crippen LogP contribution in [0.2, 0.25) is 0 Å². The Bertz CT molecular complexity index is 450. The van der Waals surface area contributed by atoms with E-state index in [2.05, 4.69) is 4.74 Å². The van der Waals surface area contributed by atoms with E-state index in [1.807, 2.05) is 0 Å². The van der Waals surface area contributed by atoms with Crippen LogP contribution in [0.25, 0.3) is 0 Å². The predicted octanol–water partition coefficient (Wildman–Crippen LogP) is 0.568. The normalized spacial score (nSPS) is 26.4. The quantitative estimate of drug-likeness (QED) is 0.588. The van der Waals surface area contributed by atoms with Gasteiger partial charge in [-0.1, -0.05) is 12.8 Å². The molecule has 2 aliphatic rings. The molecular weight excluding hydrogens is 278 g/mol. The maximum Gasteiger partial charge on any atom is 0.326 e. The SMILES string of the molecule is COC(=O)CCC(C(=O)O)N1C(=O)C2CCCCC2C1=O. The van der Waals surface area contributed by atoms with Crippen LogP contribution in [0.3, 0.4) is 0 Å². The Kier molecular flexibility index (Phi) is 4.59. The van der Waals surface area contributed by atoms with Crippen LogP contribution in [0.5, 0.6) is 0 Å². The van der Waals surface area contributed by atoms with Gasteiger partial charge in [0.2, 0.25) is 11.8 Å². The van der Waals surface area contributed by atoms with Gasteiger partial charge in [0.05, 0.1) is 18.9 Å². The second kappa shape index (κ2) is 6.24. The second-order valence-electron chi connectivity index (χ2n) is 5.51. The number of esters is 1. The number of carboxylic acids is 1. The van der Waals surface area contributed by atoms with E-state index in [0.29, 0.717) is 12.8 Å². The van der Waals surface area contributed by atoms with Crippen molar-refractivity contribution in [3.8, 4) is 0 Å². The van der Waals surface area contributed by atoms with Gasteiger partial charge >= 0.3 is 11.9 Å². The van der Waals surface area contributed by atoms with E-state index in [0.717, 1.165) is 17.7 Å². The summed E-state index contributed by atoms with van der Waals surface area (Å²) in [6.45, 7) is 0. The maximum atomic E-state index is 12.3. The Morgan fingerprint density at radius 2 is 1.76 bits per heavy atom. The molecule has 7 heteroatoms. The number of ether oxygens (including phenoxy) is 1. The average molecular weight is 297 g/mol. The first kappa shape index (κ1) is 15.5. The molecule has 1 N–H and O–H groups in total. The number of carbonyl (C=O) groups is 4. The first-order chi connectivity index (χ1) is 9.97. The number of fused-ring (bicyclic) bond motifs is 1. The second-order valence-corrected chi connectivity index (χ2v) is 5.51. The summed E-state index contributed by atoms with van der Waals surface area (Å²) < 4.78 is 4.47. The van der Waals surface area contributed by atoms with Crippen molar-refractivity contribution in [3.63, 3.8) is 0 Å². The van der Waals surface area contributed by atoms with Gasteiger partial charge in [0, 0.05) is 6.42 Å². The molecule has 0 aromatic heterocycles. The number of hydrogen-bond donors (Lipinski definition) is 1. The number of methoxy groups -OCH3 is 1. The van der Waals surface area contributed by atoms with Crippen molar-refractivity contribution >= 4 is 23.8 Å². The Balaban J connectivity index is 2.15.